The van der Waals surface area contributed by atoms with Gasteiger partial charge >= 0.3 is 0 Å². The molecule has 0 aliphatic rings. The fraction of sp³-hybridized carbons (Fsp3) is 0.467. The van der Waals surface area contributed by atoms with Crippen LogP contribution < -0.4 is 0 Å². The molecule has 0 heteroatoms. The summed E-state index contributed by atoms with van der Waals surface area (Å²) < 4.78 is 0. The van der Waals surface area contributed by atoms with Crippen molar-refractivity contribution in [3.05, 3.63) is 47.0 Å². The summed E-state index contributed by atoms with van der Waals surface area (Å²) in [6.45, 7) is 17.9. The minimum atomic E-state index is 1.17. The van der Waals surface area contributed by atoms with Gasteiger partial charge in [-0.15, -0.1) is 6.58 Å². The maximum Gasteiger partial charge on any atom is -0.0395 e. The Morgan fingerprint density at radius 1 is 0.933 bits per heavy atom. The lowest BCUT2D eigenvalue weighted by Crippen LogP contribution is -1.79. The molecule has 0 amide bonds. The zero-order valence-corrected chi connectivity index (χ0v) is 11.4. The topological polar surface area (TPSA) is 0 Å². The molecule has 1 rings (SSSR count). The van der Waals surface area contributed by atoms with Crippen molar-refractivity contribution >= 4 is 0 Å². The molecule has 0 N–H and O–H groups in total. The van der Waals surface area contributed by atoms with Crippen LogP contribution >= 0.6 is 0 Å². The molecule has 1 aromatic carbocycles. The molecular weight excluding hydrogens is 180 g/mol. The molecule has 0 atom stereocenters. The van der Waals surface area contributed by atoms with Gasteiger partial charge in [-0.2, -0.15) is 0 Å². The summed E-state index contributed by atoms with van der Waals surface area (Å²) >= 11 is 0. The zero-order chi connectivity index (χ0) is 12.4. The molecule has 0 heterocycles. The molecule has 0 spiro atoms. The Labute approximate surface area is 96.0 Å². The quantitative estimate of drug-likeness (QED) is 0.510. The molecule has 0 aromatic heterocycles. The Bertz CT molecular complexity index is 278. The van der Waals surface area contributed by atoms with Gasteiger partial charge < -0.3 is 0 Å². The van der Waals surface area contributed by atoms with Crippen molar-refractivity contribution in [2.75, 3.05) is 0 Å². The van der Waals surface area contributed by atoms with E-state index in [1.54, 1.807) is 0 Å². The van der Waals surface area contributed by atoms with E-state index in [-0.39, 0.29) is 0 Å². The molecule has 15 heavy (non-hydrogen) atoms. The van der Waals surface area contributed by atoms with Gasteiger partial charge in [0, 0.05) is 0 Å². The lowest BCUT2D eigenvalue weighted by atomic mass is 10.1. The molecule has 0 saturated heterocycles. The van der Waals surface area contributed by atoms with E-state index in [0.717, 1.165) is 0 Å². The molecule has 0 radical (unpaired) electrons. The van der Waals surface area contributed by atoms with Gasteiger partial charge in [-0.05, 0) is 45.7 Å². The number of hydrogen-bond acceptors (Lipinski definition) is 0. The number of aryl methyl sites for hydroxylation is 3. The lowest BCUT2D eigenvalue weighted by Gasteiger charge is -1.98. The third-order valence-electron chi connectivity index (χ3n) is 1.66. The van der Waals surface area contributed by atoms with Crippen molar-refractivity contribution in [1.82, 2.24) is 0 Å². The summed E-state index contributed by atoms with van der Waals surface area (Å²) in [5.74, 6) is 0. The van der Waals surface area contributed by atoms with E-state index in [4.69, 9.17) is 0 Å². The molecule has 0 saturated carbocycles. The molecule has 0 unspecified atom stereocenters. The maximum atomic E-state index is 3.56. The molecule has 1 aromatic rings. The summed E-state index contributed by atoms with van der Waals surface area (Å²) in [4.78, 5) is 0. The van der Waals surface area contributed by atoms with Crippen LogP contribution in [0.1, 0.15) is 44.4 Å². The highest BCUT2D eigenvalue weighted by molar-refractivity contribution is 5.28. The van der Waals surface area contributed by atoms with Crippen LogP contribution in [0.3, 0.4) is 0 Å². The highest BCUT2D eigenvalue weighted by Crippen LogP contribution is 2.07. The van der Waals surface area contributed by atoms with Crippen LogP contribution in [0.4, 0.5) is 0 Å². The minimum absolute atomic E-state index is 1.17. The monoisotopic (exact) mass is 206 g/mol. The second-order valence-electron chi connectivity index (χ2n) is 3.79. The van der Waals surface area contributed by atoms with Crippen molar-refractivity contribution in [3.8, 4) is 0 Å². The molecule has 0 fully saturated rings. The Morgan fingerprint density at radius 2 is 1.33 bits per heavy atom. The highest BCUT2D eigenvalue weighted by atomic mass is 13.9. The first kappa shape index (κ1) is 16.4. The predicted molar refractivity (Wildman–Crippen MR) is 72.5 cm³/mol. The number of allylic oxidation sites excluding steroid dienone is 1. The van der Waals surface area contributed by atoms with Crippen LogP contribution in [0.15, 0.2) is 30.4 Å². The lowest BCUT2D eigenvalue weighted by molar-refractivity contribution is 1.30. The number of rotatable bonds is 0. The van der Waals surface area contributed by atoms with E-state index in [0.29, 0.717) is 0 Å². The third kappa shape index (κ3) is 10.9. The maximum absolute atomic E-state index is 3.56. The number of hydrogen-bond donors (Lipinski definition) is 0. The molecule has 0 nitrogen and oxygen atoms in total. The van der Waals surface area contributed by atoms with Crippen molar-refractivity contribution in [2.24, 2.45) is 0 Å². The highest BCUT2D eigenvalue weighted by Gasteiger charge is 1.89. The van der Waals surface area contributed by atoms with Gasteiger partial charge in [-0.25, -0.2) is 0 Å². The second-order valence-corrected chi connectivity index (χ2v) is 3.79. The van der Waals surface area contributed by atoms with E-state index < -0.39 is 0 Å². The first-order valence-corrected chi connectivity index (χ1v) is 5.59. The Kier molecular flexibility index (Phi) is 10.4. The van der Waals surface area contributed by atoms with Crippen molar-refractivity contribution in [1.29, 1.82) is 0 Å². The SMILES string of the molecule is C=C(C)C.CC.Cc1ccc(C)c(C)c1. The number of benzene rings is 1. The molecular formula is C15H26. The van der Waals surface area contributed by atoms with E-state index in [9.17, 15) is 0 Å². The van der Waals surface area contributed by atoms with Gasteiger partial charge in [0.1, 0.15) is 0 Å². The van der Waals surface area contributed by atoms with E-state index in [2.05, 4.69) is 45.5 Å². The van der Waals surface area contributed by atoms with E-state index in [1.807, 2.05) is 27.7 Å². The average Bonchev–Trinajstić information content (AvgIpc) is 2.14. The normalized spacial score (nSPS) is 7.93. The summed E-state index contributed by atoms with van der Waals surface area (Å²) in [6, 6.07) is 6.50. The third-order valence-corrected chi connectivity index (χ3v) is 1.66. The smallest absolute Gasteiger partial charge is 0.0395 e. The second kappa shape index (κ2) is 9.51. The fourth-order valence-corrected chi connectivity index (χ4v) is 0.891. The summed E-state index contributed by atoms with van der Waals surface area (Å²) in [7, 11) is 0. The molecule has 0 aliphatic carbocycles. The Morgan fingerprint density at radius 3 is 1.60 bits per heavy atom. The van der Waals surface area contributed by atoms with Crippen LogP contribution in [0.25, 0.3) is 0 Å². The largest absolute Gasteiger partial charge is 0.100 e. The minimum Gasteiger partial charge on any atom is -0.100 e. The predicted octanol–water partition coefficient (Wildman–Crippen LogP) is 5.22. The standard InChI is InChI=1S/C9H12.C4H8.C2H6/c1-7-4-5-8(2)9(3)6-7;1-4(2)3;1-2/h4-6H,1-3H3;1H2,2-3H3;1-2H3. The van der Waals surface area contributed by atoms with Crippen molar-refractivity contribution in [2.45, 2.75) is 48.5 Å². The Balaban J connectivity index is 0. The van der Waals surface area contributed by atoms with Crippen LogP contribution in [0.5, 0.6) is 0 Å². The van der Waals surface area contributed by atoms with Gasteiger partial charge in [-0.3, -0.25) is 0 Å². The average molecular weight is 206 g/mol. The van der Waals surface area contributed by atoms with E-state index in [1.165, 1.54) is 22.3 Å². The molecule has 86 valence electrons. The summed E-state index contributed by atoms with van der Waals surface area (Å²) in [5, 5.41) is 0. The van der Waals surface area contributed by atoms with Gasteiger partial charge in [-0.1, -0.05) is 43.2 Å². The van der Waals surface area contributed by atoms with Crippen molar-refractivity contribution < 1.29 is 0 Å². The van der Waals surface area contributed by atoms with Crippen LogP contribution in [-0.4, -0.2) is 0 Å². The first-order valence-electron chi connectivity index (χ1n) is 5.59. The van der Waals surface area contributed by atoms with Gasteiger partial charge in [0.2, 0.25) is 0 Å². The van der Waals surface area contributed by atoms with Gasteiger partial charge in [0.05, 0.1) is 0 Å². The van der Waals surface area contributed by atoms with Crippen molar-refractivity contribution in [3.63, 3.8) is 0 Å². The van der Waals surface area contributed by atoms with Gasteiger partial charge in [0.15, 0.2) is 0 Å². The summed E-state index contributed by atoms with van der Waals surface area (Å²) in [5.41, 5.74) is 5.27. The van der Waals surface area contributed by atoms with Crippen LogP contribution in [0, 0.1) is 20.8 Å². The summed E-state index contributed by atoms with van der Waals surface area (Å²) in [6.07, 6.45) is 0. The molecule has 0 bridgehead atoms. The zero-order valence-electron chi connectivity index (χ0n) is 11.4. The first-order chi connectivity index (χ1) is 6.93. The van der Waals surface area contributed by atoms with Crippen LogP contribution in [-0.2, 0) is 0 Å². The van der Waals surface area contributed by atoms with E-state index >= 15 is 0 Å². The Hall–Kier alpha value is -1.04. The van der Waals surface area contributed by atoms with Gasteiger partial charge in [0.25, 0.3) is 0 Å². The molecule has 0 aliphatic heterocycles. The van der Waals surface area contributed by atoms with Crippen LogP contribution in [0.2, 0.25) is 0 Å². The fourth-order valence-electron chi connectivity index (χ4n) is 0.891.